The van der Waals surface area contributed by atoms with Crippen LogP contribution in [0.3, 0.4) is 0 Å². The second-order valence-electron chi connectivity index (χ2n) is 7.35. The highest BCUT2D eigenvalue weighted by Gasteiger charge is 2.36. The average molecular weight is 448 g/mol. The number of amides is 1. The van der Waals surface area contributed by atoms with Crippen molar-refractivity contribution in [1.29, 1.82) is 5.26 Å². The van der Waals surface area contributed by atoms with E-state index in [2.05, 4.69) is 31.2 Å². The third kappa shape index (κ3) is 5.08. The number of carbonyl (C=O) groups excluding carboxylic acids is 1. The van der Waals surface area contributed by atoms with Crippen molar-refractivity contribution < 1.29 is 13.9 Å². The van der Waals surface area contributed by atoms with E-state index in [9.17, 15) is 14.4 Å². The van der Waals surface area contributed by atoms with Gasteiger partial charge in [0.25, 0.3) is 5.82 Å². The number of benzene rings is 1. The van der Waals surface area contributed by atoms with E-state index in [1.807, 2.05) is 6.07 Å². The first-order chi connectivity index (χ1) is 13.0. The summed E-state index contributed by atoms with van der Waals surface area (Å²) in [6.07, 6.45) is -0.745. The van der Waals surface area contributed by atoms with Crippen molar-refractivity contribution in [3.63, 3.8) is 0 Å². The summed E-state index contributed by atoms with van der Waals surface area (Å²) in [4.78, 5) is 15.7. The third-order valence-electron chi connectivity index (χ3n) is 3.76. The number of alkyl carbamates (subject to hydrolysis) is 1. The van der Waals surface area contributed by atoms with E-state index in [0.29, 0.717) is 4.47 Å². The fourth-order valence-corrected chi connectivity index (χ4v) is 2.97. The van der Waals surface area contributed by atoms with Crippen LogP contribution in [-0.4, -0.2) is 21.5 Å². The Morgan fingerprint density at radius 1 is 1.43 bits per heavy atom. The molecular weight excluding hydrogens is 429 g/mol. The van der Waals surface area contributed by atoms with E-state index in [1.165, 1.54) is 22.9 Å². The first-order valence-corrected chi connectivity index (χ1v) is 9.09. The predicted octanol–water partition coefficient (Wildman–Crippen LogP) is 4.65. The second kappa shape index (κ2) is 7.99. The summed E-state index contributed by atoms with van der Waals surface area (Å²) in [6.45, 7) is 13.7. The zero-order chi connectivity index (χ0) is 21.1. The number of halogens is 2. The molecule has 28 heavy (non-hydrogen) atoms. The van der Waals surface area contributed by atoms with Gasteiger partial charge in [-0.2, -0.15) is 9.94 Å². The van der Waals surface area contributed by atoms with E-state index in [0.717, 1.165) is 0 Å². The molecule has 0 aliphatic carbocycles. The fraction of sp³-hybridized carbons (Fsp3) is 0.368. The summed E-state index contributed by atoms with van der Waals surface area (Å²) < 4.78 is 21.9. The molecule has 0 aliphatic heterocycles. The van der Waals surface area contributed by atoms with Gasteiger partial charge in [0.15, 0.2) is 0 Å². The quantitative estimate of drug-likeness (QED) is 0.691. The van der Waals surface area contributed by atoms with Gasteiger partial charge in [-0.3, -0.25) is 0 Å². The SMILES string of the molecule is [C-]#[N+]c1cc(C#N)n(CC(C)(NC(=O)OC(C)(C)C)c2cc(Br)ccc2F)n1. The maximum absolute atomic E-state index is 14.7. The summed E-state index contributed by atoms with van der Waals surface area (Å²) >= 11 is 3.31. The molecule has 1 heterocycles. The average Bonchev–Trinajstić information content (AvgIpc) is 2.96. The molecule has 1 unspecified atom stereocenters. The Morgan fingerprint density at radius 3 is 2.68 bits per heavy atom. The summed E-state index contributed by atoms with van der Waals surface area (Å²) in [7, 11) is 0. The minimum absolute atomic E-state index is 0.0332. The third-order valence-corrected chi connectivity index (χ3v) is 4.26. The van der Waals surface area contributed by atoms with Gasteiger partial charge >= 0.3 is 6.09 Å². The molecule has 0 aliphatic rings. The van der Waals surface area contributed by atoms with E-state index in [1.54, 1.807) is 33.8 Å². The molecule has 0 saturated heterocycles. The van der Waals surface area contributed by atoms with Crippen LogP contribution < -0.4 is 5.32 Å². The molecular formula is C19H19BrFN5O2. The molecule has 7 nitrogen and oxygen atoms in total. The number of nitrogens with one attached hydrogen (secondary N) is 1. The smallest absolute Gasteiger partial charge is 0.408 e. The van der Waals surface area contributed by atoms with Crippen molar-refractivity contribution in [2.45, 2.75) is 45.4 Å². The van der Waals surface area contributed by atoms with Crippen molar-refractivity contribution in [2.24, 2.45) is 0 Å². The fourth-order valence-electron chi connectivity index (χ4n) is 2.61. The van der Waals surface area contributed by atoms with Crippen LogP contribution >= 0.6 is 15.9 Å². The molecule has 146 valence electrons. The highest BCUT2D eigenvalue weighted by molar-refractivity contribution is 9.10. The molecule has 1 aromatic carbocycles. The zero-order valence-electron chi connectivity index (χ0n) is 15.9. The Hall–Kier alpha value is -2.91. The van der Waals surface area contributed by atoms with Crippen LogP contribution in [0.5, 0.6) is 0 Å². The van der Waals surface area contributed by atoms with E-state index in [-0.39, 0.29) is 23.6 Å². The van der Waals surface area contributed by atoms with Crippen molar-refractivity contribution in [3.05, 3.63) is 57.2 Å². The molecule has 0 radical (unpaired) electrons. The molecule has 1 N–H and O–H groups in total. The molecule has 0 saturated carbocycles. The maximum Gasteiger partial charge on any atom is 0.408 e. The topological polar surface area (TPSA) is 84.3 Å². The first-order valence-electron chi connectivity index (χ1n) is 8.29. The molecule has 2 aromatic rings. The largest absolute Gasteiger partial charge is 0.444 e. The number of rotatable bonds is 4. The van der Waals surface area contributed by atoms with Gasteiger partial charge in [0.1, 0.15) is 23.2 Å². The Kier molecular flexibility index (Phi) is 6.10. The highest BCUT2D eigenvalue weighted by atomic mass is 79.9. The van der Waals surface area contributed by atoms with E-state index in [4.69, 9.17) is 11.3 Å². The Balaban J connectivity index is 2.52. The van der Waals surface area contributed by atoms with Crippen LogP contribution in [0, 0.1) is 23.7 Å². The molecule has 1 aromatic heterocycles. The normalized spacial score (nSPS) is 13.1. The molecule has 0 bridgehead atoms. The minimum atomic E-state index is -1.31. The number of hydrogen-bond acceptors (Lipinski definition) is 4. The monoisotopic (exact) mass is 447 g/mol. The summed E-state index contributed by atoms with van der Waals surface area (Å²) in [5, 5.41) is 16.1. The van der Waals surface area contributed by atoms with Crippen LogP contribution in [0.1, 0.15) is 39.0 Å². The van der Waals surface area contributed by atoms with Gasteiger partial charge < -0.3 is 14.9 Å². The van der Waals surface area contributed by atoms with Crippen molar-refractivity contribution in [2.75, 3.05) is 0 Å². The highest BCUT2D eigenvalue weighted by Crippen LogP contribution is 2.30. The lowest BCUT2D eigenvalue weighted by Crippen LogP contribution is -2.49. The van der Waals surface area contributed by atoms with Crippen molar-refractivity contribution in [1.82, 2.24) is 15.1 Å². The van der Waals surface area contributed by atoms with Gasteiger partial charge in [-0.1, -0.05) is 22.5 Å². The van der Waals surface area contributed by atoms with Crippen molar-refractivity contribution in [3.8, 4) is 6.07 Å². The lowest BCUT2D eigenvalue weighted by molar-refractivity contribution is 0.0445. The van der Waals surface area contributed by atoms with Gasteiger partial charge in [0.2, 0.25) is 0 Å². The van der Waals surface area contributed by atoms with Crippen LogP contribution in [0.4, 0.5) is 15.0 Å². The Bertz CT molecular complexity index is 984. The van der Waals surface area contributed by atoms with Crippen LogP contribution in [0.2, 0.25) is 0 Å². The van der Waals surface area contributed by atoms with Gasteiger partial charge in [-0.25, -0.2) is 9.18 Å². The van der Waals surface area contributed by atoms with Gasteiger partial charge in [0, 0.05) is 16.1 Å². The molecule has 1 amide bonds. The zero-order valence-corrected chi connectivity index (χ0v) is 17.5. The number of carbonyl (C=O) groups is 1. The molecule has 2 rings (SSSR count). The lowest BCUT2D eigenvalue weighted by atomic mass is 9.91. The number of nitrogens with zero attached hydrogens (tertiary/aromatic N) is 4. The Labute approximate surface area is 171 Å². The van der Waals surface area contributed by atoms with Crippen LogP contribution in [0.25, 0.3) is 4.85 Å². The number of hydrogen-bond donors (Lipinski definition) is 1. The molecule has 9 heteroatoms. The first kappa shape index (κ1) is 21.4. The maximum atomic E-state index is 14.7. The second-order valence-corrected chi connectivity index (χ2v) is 8.27. The van der Waals surface area contributed by atoms with Gasteiger partial charge in [-0.05, 0) is 51.0 Å². The minimum Gasteiger partial charge on any atom is -0.444 e. The van der Waals surface area contributed by atoms with Gasteiger partial charge in [-0.15, -0.1) is 0 Å². The molecule has 1 atom stereocenters. The van der Waals surface area contributed by atoms with Crippen LogP contribution in [-0.2, 0) is 16.8 Å². The van der Waals surface area contributed by atoms with E-state index >= 15 is 0 Å². The summed E-state index contributed by atoms with van der Waals surface area (Å²) in [5.74, 6) is -0.510. The lowest BCUT2D eigenvalue weighted by Gasteiger charge is -2.32. The van der Waals surface area contributed by atoms with E-state index < -0.39 is 23.1 Å². The van der Waals surface area contributed by atoms with Gasteiger partial charge in [0.05, 0.1) is 12.1 Å². The summed E-state index contributed by atoms with van der Waals surface area (Å²) in [6, 6.07) is 7.63. The summed E-state index contributed by atoms with van der Waals surface area (Å²) in [5.41, 5.74) is -1.76. The molecule has 0 fully saturated rings. The number of nitriles is 1. The van der Waals surface area contributed by atoms with Crippen LogP contribution in [0.15, 0.2) is 28.7 Å². The Morgan fingerprint density at radius 2 is 2.11 bits per heavy atom. The number of ether oxygens (including phenoxy) is 1. The number of aromatic nitrogens is 2. The standard InChI is InChI=1S/C19H19BrFN5O2/c1-18(2,3)28-17(27)24-19(4,14-8-12(20)6-7-15(14)21)11-26-13(10-22)9-16(23-5)25-26/h6-9H,11H2,1-4H3,(H,24,27). The predicted molar refractivity (Wildman–Crippen MR) is 104 cm³/mol. The van der Waals surface area contributed by atoms with Crippen molar-refractivity contribution >= 4 is 27.8 Å². The molecule has 0 spiro atoms.